The van der Waals surface area contributed by atoms with Gasteiger partial charge in [0.2, 0.25) is 0 Å². The fourth-order valence-electron chi connectivity index (χ4n) is 2.86. The van der Waals surface area contributed by atoms with Crippen LogP contribution in [0, 0.1) is 0 Å². The third-order valence-electron chi connectivity index (χ3n) is 4.12. The van der Waals surface area contributed by atoms with Crippen LogP contribution in [-0.4, -0.2) is 70.3 Å². The summed E-state index contributed by atoms with van der Waals surface area (Å²) in [5.74, 6) is 0.910. The Morgan fingerprint density at radius 2 is 2.26 bits per heavy atom. The van der Waals surface area contributed by atoms with Crippen LogP contribution in [0.2, 0.25) is 0 Å². The van der Waals surface area contributed by atoms with Gasteiger partial charge < -0.3 is 9.64 Å². The van der Waals surface area contributed by atoms with Crippen LogP contribution in [0.1, 0.15) is 6.92 Å². The lowest BCUT2D eigenvalue weighted by atomic mass is 10.2. The summed E-state index contributed by atoms with van der Waals surface area (Å²) in [6, 6.07) is 5.88. The van der Waals surface area contributed by atoms with Crippen molar-refractivity contribution in [3.8, 4) is 0 Å². The zero-order chi connectivity index (χ0) is 15.9. The fraction of sp³-hybridized carbons (Fsp3) is 0.562. The second-order valence-electron chi connectivity index (χ2n) is 5.68. The molecular formula is C16H24N6O. The fourth-order valence-corrected chi connectivity index (χ4v) is 2.86. The highest BCUT2D eigenvalue weighted by Gasteiger charge is 2.22. The van der Waals surface area contributed by atoms with Gasteiger partial charge in [-0.3, -0.25) is 9.58 Å². The molecule has 2 aromatic rings. The van der Waals surface area contributed by atoms with Crippen molar-refractivity contribution in [2.24, 2.45) is 0 Å². The van der Waals surface area contributed by atoms with Crippen LogP contribution in [0.15, 0.2) is 36.8 Å². The van der Waals surface area contributed by atoms with Gasteiger partial charge in [0.1, 0.15) is 0 Å². The molecule has 7 heteroatoms. The number of nitrogens with zero attached hydrogens (tertiary/aromatic N) is 6. The van der Waals surface area contributed by atoms with E-state index >= 15 is 0 Å². The average Bonchev–Trinajstić information content (AvgIpc) is 3.12. The normalized spacial score (nSPS) is 18.9. The Bertz CT molecular complexity index is 561. The molecule has 0 amide bonds. The van der Waals surface area contributed by atoms with Gasteiger partial charge in [-0.05, 0) is 25.1 Å². The minimum Gasteiger partial charge on any atom is -0.374 e. The first kappa shape index (κ1) is 15.9. The number of hydrogen-bond donors (Lipinski definition) is 0. The highest BCUT2D eigenvalue weighted by Crippen LogP contribution is 2.12. The second kappa shape index (κ2) is 8.03. The predicted molar refractivity (Wildman–Crippen MR) is 88.3 cm³/mol. The first-order chi connectivity index (χ1) is 11.3. The number of likely N-dealkylation sites (N-methyl/N-ethyl adjacent to an activating group) is 1. The van der Waals surface area contributed by atoms with E-state index in [0.717, 1.165) is 51.7 Å². The third kappa shape index (κ3) is 4.49. The lowest BCUT2D eigenvalue weighted by molar-refractivity contribution is -0.0250. The lowest BCUT2D eigenvalue weighted by Gasteiger charge is -2.35. The molecule has 0 saturated carbocycles. The summed E-state index contributed by atoms with van der Waals surface area (Å²) in [6.45, 7) is 8.49. The molecule has 0 aliphatic carbocycles. The van der Waals surface area contributed by atoms with Crippen molar-refractivity contribution in [3.05, 3.63) is 36.8 Å². The van der Waals surface area contributed by atoms with Gasteiger partial charge in [-0.2, -0.15) is 10.2 Å². The molecule has 0 bridgehead atoms. The van der Waals surface area contributed by atoms with Gasteiger partial charge in [0.25, 0.3) is 0 Å². The van der Waals surface area contributed by atoms with Gasteiger partial charge >= 0.3 is 0 Å². The van der Waals surface area contributed by atoms with Crippen LogP contribution in [0.5, 0.6) is 0 Å². The first-order valence-electron chi connectivity index (χ1n) is 8.19. The maximum absolute atomic E-state index is 5.95. The molecule has 1 saturated heterocycles. The summed E-state index contributed by atoms with van der Waals surface area (Å²) in [6.07, 6.45) is 5.72. The highest BCUT2D eigenvalue weighted by atomic mass is 16.5. The molecule has 0 unspecified atom stereocenters. The number of anilines is 1. The standard InChI is InChI=1S/C16H24N6O/c1-2-21(16-5-3-6-17-19-16)14-15-13-20(11-12-23-15)9-10-22-8-4-7-18-22/h3-8,15H,2,9-14H2,1H3/t15-/m1/s1. The van der Waals surface area contributed by atoms with E-state index in [1.807, 2.05) is 35.3 Å². The van der Waals surface area contributed by atoms with Gasteiger partial charge in [-0.1, -0.05) is 0 Å². The Morgan fingerprint density at radius 1 is 1.30 bits per heavy atom. The van der Waals surface area contributed by atoms with Crippen LogP contribution in [0.3, 0.4) is 0 Å². The molecule has 124 valence electrons. The molecule has 3 heterocycles. The number of ether oxygens (including phenoxy) is 1. The molecule has 0 N–H and O–H groups in total. The third-order valence-corrected chi connectivity index (χ3v) is 4.12. The minimum atomic E-state index is 0.198. The zero-order valence-corrected chi connectivity index (χ0v) is 13.6. The maximum atomic E-state index is 5.95. The van der Waals surface area contributed by atoms with Crippen LogP contribution < -0.4 is 4.90 Å². The Labute approximate surface area is 136 Å². The summed E-state index contributed by atoms with van der Waals surface area (Å²) < 4.78 is 7.92. The Hall–Kier alpha value is -1.99. The van der Waals surface area contributed by atoms with E-state index < -0.39 is 0 Å². The van der Waals surface area contributed by atoms with Crippen molar-refractivity contribution in [2.45, 2.75) is 19.6 Å². The smallest absolute Gasteiger partial charge is 0.151 e. The first-order valence-corrected chi connectivity index (χ1v) is 8.19. The molecule has 1 atom stereocenters. The lowest BCUT2D eigenvalue weighted by Crippen LogP contribution is -2.48. The minimum absolute atomic E-state index is 0.198. The van der Waals surface area contributed by atoms with E-state index in [2.05, 4.69) is 32.0 Å². The van der Waals surface area contributed by atoms with E-state index in [-0.39, 0.29) is 6.10 Å². The monoisotopic (exact) mass is 316 g/mol. The Morgan fingerprint density at radius 3 is 3.00 bits per heavy atom. The molecule has 0 spiro atoms. The molecule has 23 heavy (non-hydrogen) atoms. The molecule has 2 aromatic heterocycles. The van der Waals surface area contributed by atoms with Crippen molar-refractivity contribution >= 4 is 5.82 Å². The van der Waals surface area contributed by atoms with Crippen LogP contribution in [0.4, 0.5) is 5.82 Å². The Balaban J connectivity index is 1.51. The molecule has 0 aromatic carbocycles. The summed E-state index contributed by atoms with van der Waals surface area (Å²) in [4.78, 5) is 4.66. The average molecular weight is 316 g/mol. The van der Waals surface area contributed by atoms with E-state index in [1.54, 1.807) is 6.20 Å². The van der Waals surface area contributed by atoms with Crippen LogP contribution in [-0.2, 0) is 11.3 Å². The van der Waals surface area contributed by atoms with Crippen molar-refractivity contribution in [1.82, 2.24) is 24.9 Å². The maximum Gasteiger partial charge on any atom is 0.151 e. The molecule has 0 radical (unpaired) electrons. The molecule has 1 aliphatic rings. The summed E-state index contributed by atoms with van der Waals surface area (Å²) >= 11 is 0. The summed E-state index contributed by atoms with van der Waals surface area (Å²) in [5.41, 5.74) is 0. The van der Waals surface area contributed by atoms with Gasteiger partial charge in [0.15, 0.2) is 5.82 Å². The molecule has 1 aliphatic heterocycles. The summed E-state index contributed by atoms with van der Waals surface area (Å²) in [5, 5.41) is 12.4. The van der Waals surface area contributed by atoms with E-state index in [9.17, 15) is 0 Å². The van der Waals surface area contributed by atoms with Gasteiger partial charge in [-0.25, -0.2) is 0 Å². The van der Waals surface area contributed by atoms with Gasteiger partial charge in [0, 0.05) is 51.3 Å². The van der Waals surface area contributed by atoms with Crippen molar-refractivity contribution in [1.29, 1.82) is 0 Å². The van der Waals surface area contributed by atoms with Gasteiger partial charge in [0.05, 0.1) is 19.3 Å². The van der Waals surface area contributed by atoms with Crippen molar-refractivity contribution in [2.75, 3.05) is 44.2 Å². The van der Waals surface area contributed by atoms with Gasteiger partial charge in [-0.15, -0.1) is 5.10 Å². The topological polar surface area (TPSA) is 59.3 Å². The number of aromatic nitrogens is 4. The quantitative estimate of drug-likeness (QED) is 0.756. The Kier molecular flexibility index (Phi) is 5.55. The van der Waals surface area contributed by atoms with E-state index in [1.165, 1.54) is 0 Å². The van der Waals surface area contributed by atoms with Crippen LogP contribution in [0.25, 0.3) is 0 Å². The predicted octanol–water partition coefficient (Wildman–Crippen LogP) is 0.900. The SMILES string of the molecule is CCN(C[C@H]1CN(CCn2cccn2)CCO1)c1cccnn1. The zero-order valence-electron chi connectivity index (χ0n) is 13.6. The summed E-state index contributed by atoms with van der Waals surface area (Å²) in [7, 11) is 0. The van der Waals surface area contributed by atoms with E-state index in [4.69, 9.17) is 4.74 Å². The number of rotatable bonds is 7. The highest BCUT2D eigenvalue weighted by molar-refractivity contribution is 5.36. The molecule has 3 rings (SSSR count). The molecular weight excluding hydrogens is 292 g/mol. The largest absolute Gasteiger partial charge is 0.374 e. The molecule has 7 nitrogen and oxygen atoms in total. The second-order valence-corrected chi connectivity index (χ2v) is 5.68. The van der Waals surface area contributed by atoms with Crippen LogP contribution >= 0.6 is 0 Å². The van der Waals surface area contributed by atoms with Crippen molar-refractivity contribution < 1.29 is 4.74 Å². The molecule has 1 fully saturated rings. The van der Waals surface area contributed by atoms with E-state index in [0.29, 0.717) is 0 Å². The number of hydrogen-bond acceptors (Lipinski definition) is 6. The number of morpholine rings is 1. The van der Waals surface area contributed by atoms with Crippen molar-refractivity contribution in [3.63, 3.8) is 0 Å².